The van der Waals surface area contributed by atoms with E-state index in [1.54, 1.807) is 0 Å². The summed E-state index contributed by atoms with van der Waals surface area (Å²) < 4.78 is 4.32. The molecule has 0 saturated heterocycles. The Kier molecular flexibility index (Phi) is 3.67. The van der Waals surface area contributed by atoms with Crippen molar-refractivity contribution in [2.45, 2.75) is 12.2 Å². The summed E-state index contributed by atoms with van der Waals surface area (Å²) in [4.78, 5) is 10.5. The molecule has 1 aliphatic rings. The van der Waals surface area contributed by atoms with E-state index < -0.39 is 36.3 Å². The Bertz CT molecular complexity index is 233. The first-order valence-electron chi connectivity index (χ1n) is 3.20. The molecule has 0 bridgehead atoms. The number of carbonyl (C=O) groups excluding carboxylic acids is 1. The van der Waals surface area contributed by atoms with Crippen LogP contribution < -0.4 is 0 Å². The molecular formula is C6H8O7. The van der Waals surface area contributed by atoms with E-state index in [1.165, 1.54) is 0 Å². The zero-order chi connectivity index (χ0) is 9.30. The molecule has 1 aliphatic heterocycles. The lowest BCUT2D eigenvalue weighted by Crippen LogP contribution is -2.31. The van der Waals surface area contributed by atoms with Crippen LogP contribution in [0.5, 0.6) is 0 Å². The molecule has 1 rings (SSSR count). The number of esters is 1. The summed E-state index contributed by atoms with van der Waals surface area (Å²) >= 11 is 0. The van der Waals surface area contributed by atoms with E-state index >= 15 is 0 Å². The minimum absolute atomic E-state index is 0. The number of carbonyl (C=O) groups is 1. The van der Waals surface area contributed by atoms with Crippen LogP contribution in [0.4, 0.5) is 0 Å². The SMILES string of the molecule is O=C1O[C@H]([C@@H](O)CO)C(O)=C1O.[O]. The number of aliphatic hydroxyl groups excluding tert-OH is 4. The van der Waals surface area contributed by atoms with Crippen molar-refractivity contribution in [2.75, 3.05) is 6.61 Å². The van der Waals surface area contributed by atoms with Crippen molar-refractivity contribution in [3.8, 4) is 0 Å². The Hall–Kier alpha value is -1.31. The topological polar surface area (TPSA) is 136 Å². The Morgan fingerprint density at radius 2 is 2.00 bits per heavy atom. The van der Waals surface area contributed by atoms with Crippen LogP contribution in [-0.4, -0.2) is 45.2 Å². The molecule has 0 saturated carbocycles. The van der Waals surface area contributed by atoms with Crippen molar-refractivity contribution in [3.05, 3.63) is 11.5 Å². The predicted molar refractivity (Wildman–Crippen MR) is 35.9 cm³/mol. The Morgan fingerprint density at radius 3 is 2.31 bits per heavy atom. The van der Waals surface area contributed by atoms with Gasteiger partial charge in [-0.15, -0.1) is 0 Å². The number of aliphatic hydroxyl groups is 4. The Balaban J connectivity index is 0.00000144. The molecule has 0 aliphatic carbocycles. The second-order valence-corrected chi connectivity index (χ2v) is 2.31. The second-order valence-electron chi connectivity index (χ2n) is 2.31. The maximum atomic E-state index is 10.5. The minimum Gasteiger partial charge on any atom is -0.505 e. The maximum absolute atomic E-state index is 10.5. The van der Waals surface area contributed by atoms with Gasteiger partial charge in [0.05, 0.1) is 6.61 Å². The largest absolute Gasteiger partial charge is 0.505 e. The smallest absolute Gasteiger partial charge is 0.377 e. The van der Waals surface area contributed by atoms with E-state index in [2.05, 4.69) is 4.74 Å². The zero-order valence-electron chi connectivity index (χ0n) is 6.38. The third-order valence-corrected chi connectivity index (χ3v) is 1.48. The Morgan fingerprint density at radius 1 is 1.46 bits per heavy atom. The lowest BCUT2D eigenvalue weighted by atomic mass is 10.2. The fourth-order valence-electron chi connectivity index (χ4n) is 0.823. The molecule has 2 radical (unpaired) electrons. The van der Waals surface area contributed by atoms with Crippen molar-refractivity contribution in [2.24, 2.45) is 0 Å². The highest BCUT2D eigenvalue weighted by atomic mass is 16.6. The maximum Gasteiger partial charge on any atom is 0.377 e. The van der Waals surface area contributed by atoms with Gasteiger partial charge in [-0.3, -0.25) is 0 Å². The van der Waals surface area contributed by atoms with Crippen LogP contribution in [0.25, 0.3) is 0 Å². The van der Waals surface area contributed by atoms with E-state index in [9.17, 15) is 4.79 Å². The van der Waals surface area contributed by atoms with Crippen LogP contribution in [0.2, 0.25) is 0 Å². The van der Waals surface area contributed by atoms with Crippen LogP contribution in [0.1, 0.15) is 0 Å². The van der Waals surface area contributed by atoms with Crippen LogP contribution in [0, 0.1) is 0 Å². The van der Waals surface area contributed by atoms with Crippen molar-refractivity contribution in [3.63, 3.8) is 0 Å². The molecule has 13 heavy (non-hydrogen) atoms. The third kappa shape index (κ3) is 1.89. The monoisotopic (exact) mass is 192 g/mol. The molecule has 0 fully saturated rings. The normalized spacial score (nSPS) is 23.8. The van der Waals surface area contributed by atoms with Gasteiger partial charge in [0, 0.05) is 5.48 Å². The van der Waals surface area contributed by atoms with E-state index in [0.717, 1.165) is 0 Å². The Labute approximate surface area is 72.8 Å². The summed E-state index contributed by atoms with van der Waals surface area (Å²) in [5, 5.41) is 35.0. The number of cyclic esters (lactones) is 1. The molecule has 0 aromatic rings. The van der Waals surface area contributed by atoms with Gasteiger partial charge < -0.3 is 25.2 Å². The average molecular weight is 192 g/mol. The van der Waals surface area contributed by atoms with Gasteiger partial charge in [0.15, 0.2) is 11.9 Å². The van der Waals surface area contributed by atoms with Crippen molar-refractivity contribution in [1.82, 2.24) is 0 Å². The summed E-state index contributed by atoms with van der Waals surface area (Å²) in [5.41, 5.74) is 0. The van der Waals surface area contributed by atoms with Gasteiger partial charge in [0.2, 0.25) is 5.76 Å². The molecule has 0 aromatic carbocycles. The van der Waals surface area contributed by atoms with Crippen molar-refractivity contribution >= 4 is 5.97 Å². The first-order chi connectivity index (χ1) is 5.57. The third-order valence-electron chi connectivity index (χ3n) is 1.48. The van der Waals surface area contributed by atoms with Gasteiger partial charge in [-0.25, -0.2) is 4.79 Å². The molecule has 0 unspecified atom stereocenters. The highest BCUT2D eigenvalue weighted by molar-refractivity contribution is 5.89. The highest BCUT2D eigenvalue weighted by Gasteiger charge is 2.38. The van der Waals surface area contributed by atoms with Gasteiger partial charge in [0.1, 0.15) is 6.10 Å². The van der Waals surface area contributed by atoms with Crippen LogP contribution in [0.3, 0.4) is 0 Å². The number of ether oxygens (including phenoxy) is 1. The van der Waals surface area contributed by atoms with Crippen LogP contribution in [0.15, 0.2) is 11.5 Å². The predicted octanol–water partition coefficient (Wildman–Crippen LogP) is -1.53. The molecule has 4 N–H and O–H groups in total. The first kappa shape index (κ1) is 11.7. The standard InChI is InChI=1S/C6H8O6.O/c7-1-2(8)5-3(9)4(10)6(11)12-5;/h2,5,7-10H,1H2;/t2-,5+;/m0./s1. The summed E-state index contributed by atoms with van der Waals surface area (Å²) in [6, 6.07) is 0. The lowest BCUT2D eigenvalue weighted by Gasteiger charge is -2.13. The molecule has 0 aromatic heterocycles. The molecule has 7 nitrogen and oxygen atoms in total. The van der Waals surface area contributed by atoms with Crippen LogP contribution >= 0.6 is 0 Å². The van der Waals surface area contributed by atoms with Crippen molar-refractivity contribution < 1.29 is 35.4 Å². The fraction of sp³-hybridized carbons (Fsp3) is 0.500. The second kappa shape index (κ2) is 4.08. The first-order valence-corrected chi connectivity index (χ1v) is 3.20. The molecule has 74 valence electrons. The minimum atomic E-state index is -1.42. The molecule has 0 spiro atoms. The van der Waals surface area contributed by atoms with Gasteiger partial charge in [0.25, 0.3) is 0 Å². The van der Waals surface area contributed by atoms with E-state index in [-0.39, 0.29) is 5.48 Å². The van der Waals surface area contributed by atoms with Gasteiger partial charge in [-0.1, -0.05) is 0 Å². The average Bonchev–Trinajstić information content (AvgIpc) is 2.32. The number of hydrogen-bond acceptors (Lipinski definition) is 6. The van der Waals surface area contributed by atoms with Crippen molar-refractivity contribution in [1.29, 1.82) is 0 Å². The van der Waals surface area contributed by atoms with E-state index in [4.69, 9.17) is 20.4 Å². The number of rotatable bonds is 2. The highest BCUT2D eigenvalue weighted by Crippen LogP contribution is 2.20. The van der Waals surface area contributed by atoms with Gasteiger partial charge in [-0.05, 0) is 0 Å². The molecule has 7 heteroatoms. The van der Waals surface area contributed by atoms with E-state index in [0.29, 0.717) is 0 Å². The molecule has 1 heterocycles. The van der Waals surface area contributed by atoms with Gasteiger partial charge in [-0.2, -0.15) is 0 Å². The fourth-order valence-corrected chi connectivity index (χ4v) is 0.823. The quantitative estimate of drug-likeness (QED) is 0.392. The summed E-state index contributed by atoms with van der Waals surface area (Å²) in [5.74, 6) is -2.78. The van der Waals surface area contributed by atoms with Crippen LogP contribution in [-0.2, 0) is 15.0 Å². The lowest BCUT2D eigenvalue weighted by molar-refractivity contribution is -0.147. The summed E-state index contributed by atoms with van der Waals surface area (Å²) in [6.07, 6.45) is -2.78. The molecule has 2 atom stereocenters. The van der Waals surface area contributed by atoms with E-state index in [1.807, 2.05) is 0 Å². The van der Waals surface area contributed by atoms with Gasteiger partial charge >= 0.3 is 5.97 Å². The zero-order valence-corrected chi connectivity index (χ0v) is 6.38. The summed E-state index contributed by atoms with van der Waals surface area (Å²) in [6.45, 7) is -0.671. The number of hydrogen-bond donors (Lipinski definition) is 4. The molecular weight excluding hydrogens is 184 g/mol. The molecule has 0 amide bonds. The summed E-state index contributed by atoms with van der Waals surface area (Å²) in [7, 11) is 0.